The van der Waals surface area contributed by atoms with Crippen molar-refractivity contribution in [3.63, 3.8) is 0 Å². The summed E-state index contributed by atoms with van der Waals surface area (Å²) >= 11 is 0. The van der Waals surface area contributed by atoms with Crippen molar-refractivity contribution in [1.29, 1.82) is 0 Å². The Labute approximate surface area is 329 Å². The molecule has 2 saturated carbocycles. The third kappa shape index (κ3) is 7.50. The molecule has 0 spiro atoms. The summed E-state index contributed by atoms with van der Waals surface area (Å²) in [6.45, 7) is 6.64. The molecule has 2 aromatic carbocycles. The topological polar surface area (TPSA) is 126 Å². The largest absolute Gasteiger partial charge is 0.469 e. The zero-order valence-corrected chi connectivity index (χ0v) is 32.9. The molecule has 0 unspecified atom stereocenters. The molecule has 3 aliphatic heterocycles. The van der Waals surface area contributed by atoms with Gasteiger partial charge < -0.3 is 15.0 Å². The lowest BCUT2D eigenvalue weighted by atomic mass is 9.74. The Kier molecular flexibility index (Phi) is 10.8. The van der Waals surface area contributed by atoms with Gasteiger partial charge in [0.05, 0.1) is 43.4 Å². The monoisotopic (exact) mass is 752 g/mol. The number of carbonyl (C=O) groups excluding carboxylic acids is 3. The summed E-state index contributed by atoms with van der Waals surface area (Å²) in [5.74, 6) is 0.487. The van der Waals surface area contributed by atoms with Gasteiger partial charge in [0.15, 0.2) is 0 Å². The number of benzene rings is 2. The predicted molar refractivity (Wildman–Crippen MR) is 218 cm³/mol. The van der Waals surface area contributed by atoms with Crippen LogP contribution in [0.1, 0.15) is 95.0 Å². The molecule has 3 aromatic rings. The molecule has 10 nitrogen and oxygen atoms in total. The molecule has 0 radical (unpaired) electrons. The molecule has 290 valence electrons. The van der Waals surface area contributed by atoms with E-state index in [0.29, 0.717) is 24.8 Å². The maximum atomic E-state index is 13.7. The Hall–Kier alpha value is -5.25. The predicted octanol–water partition coefficient (Wildman–Crippen LogP) is 7.88. The van der Waals surface area contributed by atoms with Crippen LogP contribution < -0.4 is 5.32 Å². The molecule has 56 heavy (non-hydrogen) atoms. The van der Waals surface area contributed by atoms with Gasteiger partial charge in [-0.15, -0.1) is 0 Å². The molecule has 1 aromatic heterocycles. The van der Waals surface area contributed by atoms with Crippen LogP contribution in [0, 0.1) is 35.5 Å². The van der Waals surface area contributed by atoms with Gasteiger partial charge in [-0.1, -0.05) is 62.4 Å². The fourth-order valence-corrected chi connectivity index (χ4v) is 9.94. The van der Waals surface area contributed by atoms with Crippen molar-refractivity contribution in [3.05, 3.63) is 96.3 Å². The molecule has 2 aliphatic carbocycles. The second-order valence-electron chi connectivity index (χ2n) is 16.6. The maximum absolute atomic E-state index is 13.7. The summed E-state index contributed by atoms with van der Waals surface area (Å²) in [4.78, 5) is 59.7. The number of hydrogen-bond donors (Lipinski definition) is 1. The fraction of sp³-hybridized carbons (Fsp3) is 0.457. The molecule has 1 saturated heterocycles. The van der Waals surface area contributed by atoms with Crippen LogP contribution in [0.15, 0.2) is 89.5 Å². The number of aromatic nitrogens is 2. The first-order chi connectivity index (χ1) is 27.2. The van der Waals surface area contributed by atoms with Gasteiger partial charge in [0.25, 0.3) is 0 Å². The molecule has 2 amide bonds. The van der Waals surface area contributed by atoms with Crippen molar-refractivity contribution in [2.24, 2.45) is 45.5 Å². The highest BCUT2D eigenvalue weighted by Crippen LogP contribution is 2.54. The summed E-state index contributed by atoms with van der Waals surface area (Å²) < 4.78 is 4.89. The van der Waals surface area contributed by atoms with E-state index >= 15 is 0 Å². The van der Waals surface area contributed by atoms with E-state index in [-0.39, 0.29) is 54.0 Å². The molecule has 3 fully saturated rings. The van der Waals surface area contributed by atoms with Gasteiger partial charge >= 0.3 is 5.97 Å². The number of nitrogens with zero attached hydrogens (tertiary/aromatic N) is 5. The first-order valence-electron chi connectivity index (χ1n) is 20.3. The second-order valence-corrected chi connectivity index (χ2v) is 16.6. The van der Waals surface area contributed by atoms with E-state index in [9.17, 15) is 14.4 Å². The van der Waals surface area contributed by atoms with Gasteiger partial charge in [-0.2, -0.15) is 0 Å². The van der Waals surface area contributed by atoms with E-state index in [2.05, 4.69) is 63.8 Å². The number of carbonyl (C=O) groups is 3. The van der Waals surface area contributed by atoms with Crippen LogP contribution in [0.2, 0.25) is 0 Å². The summed E-state index contributed by atoms with van der Waals surface area (Å²) in [6.07, 6.45) is 15.8. The van der Waals surface area contributed by atoms with Crippen molar-refractivity contribution in [2.75, 3.05) is 13.7 Å². The lowest BCUT2D eigenvalue weighted by molar-refractivity contribution is -0.148. The third-order valence-electron chi connectivity index (χ3n) is 13.0. The minimum absolute atomic E-state index is 0.0242. The lowest BCUT2D eigenvalue weighted by Gasteiger charge is -2.31. The maximum Gasteiger partial charge on any atom is 0.306 e. The number of fused-ring (bicyclic) bond motifs is 2. The average Bonchev–Trinajstić information content (AvgIpc) is 4.08. The first kappa shape index (κ1) is 37.7. The normalized spacial score (nSPS) is 25.1. The molecule has 10 heteroatoms. The van der Waals surface area contributed by atoms with Crippen LogP contribution in [0.3, 0.4) is 0 Å². The lowest BCUT2D eigenvalue weighted by Crippen LogP contribution is -2.45. The molecule has 1 N–H and O–H groups in total. The molecule has 8 rings (SSSR count). The van der Waals surface area contributed by atoms with E-state index in [1.165, 1.54) is 19.1 Å². The smallest absolute Gasteiger partial charge is 0.306 e. The van der Waals surface area contributed by atoms with E-state index in [1.807, 2.05) is 38.1 Å². The van der Waals surface area contributed by atoms with Crippen LogP contribution >= 0.6 is 0 Å². The van der Waals surface area contributed by atoms with Crippen molar-refractivity contribution < 1.29 is 19.1 Å². The number of nitrogens with one attached hydrogen (secondary N) is 1. The van der Waals surface area contributed by atoms with Crippen molar-refractivity contribution in [2.45, 2.75) is 84.2 Å². The SMILES string of the molecule is COC(=O)C[C@H](C(=O)N1CCC[C@H]1C1=NC=C(c2ccc(-c3ccc(C4=CN=C([C@@H]5[C@H]6CC[C@H](C6)[C@H]5C(=O)N[C@@H](C)c5cnccn5)C4)cc3)cc2)C1)C(C)C. The molecule has 4 heterocycles. The second kappa shape index (κ2) is 16.1. The zero-order valence-electron chi connectivity index (χ0n) is 32.9. The van der Waals surface area contributed by atoms with Gasteiger partial charge in [-0.3, -0.25) is 34.3 Å². The zero-order chi connectivity index (χ0) is 38.9. The van der Waals surface area contributed by atoms with Gasteiger partial charge in [0, 0.05) is 67.4 Å². The Morgan fingerprint density at radius 2 is 1.45 bits per heavy atom. The number of methoxy groups -OCH3 is 1. The standard InChI is InChI=1S/C46H52N6O4/c1-27(2)37(23-42(53)56-4)46(55)52-19-5-6-41(52)38-21-35(24-49-38)31-11-7-29(8-12-31)30-9-13-32(14-10-30)36-22-39(50-25-36)43-33-15-16-34(20-33)44(43)45(54)51-28(3)40-26-47-17-18-48-40/h7-14,17-18,24-28,33-34,37,41,43-44H,5-6,15-16,19-23H2,1-4H3,(H,51,54)/t28-,33-,34+,37-,41-,43-,44+/m0/s1. The summed E-state index contributed by atoms with van der Waals surface area (Å²) in [5, 5.41) is 3.24. The Balaban J connectivity index is 0.867. The van der Waals surface area contributed by atoms with E-state index in [1.54, 1.807) is 18.6 Å². The summed E-state index contributed by atoms with van der Waals surface area (Å²) in [6, 6.07) is 17.1. The molecule has 7 atom stereocenters. The van der Waals surface area contributed by atoms with Crippen LogP contribution in [-0.2, 0) is 19.1 Å². The minimum atomic E-state index is -0.398. The van der Waals surface area contributed by atoms with Gasteiger partial charge in [0.2, 0.25) is 11.8 Å². The highest BCUT2D eigenvalue weighted by Gasteiger charge is 2.53. The fourth-order valence-electron chi connectivity index (χ4n) is 9.94. The number of likely N-dealkylation sites (tertiary alicyclic amines) is 1. The quantitative estimate of drug-likeness (QED) is 0.188. The van der Waals surface area contributed by atoms with Crippen LogP contribution in [-0.4, -0.2) is 63.8 Å². The van der Waals surface area contributed by atoms with Crippen LogP contribution in [0.5, 0.6) is 0 Å². The average molecular weight is 753 g/mol. The van der Waals surface area contributed by atoms with E-state index in [4.69, 9.17) is 14.7 Å². The minimum Gasteiger partial charge on any atom is -0.469 e. The Bertz CT molecular complexity index is 2090. The molecule has 5 aliphatic rings. The Morgan fingerprint density at radius 3 is 2.07 bits per heavy atom. The van der Waals surface area contributed by atoms with Crippen molar-refractivity contribution in [3.8, 4) is 11.1 Å². The van der Waals surface area contributed by atoms with E-state index < -0.39 is 5.92 Å². The third-order valence-corrected chi connectivity index (χ3v) is 13.0. The van der Waals surface area contributed by atoms with Gasteiger partial charge in [-0.25, -0.2) is 0 Å². The van der Waals surface area contributed by atoms with Gasteiger partial charge in [-0.05, 0) is 90.2 Å². The highest BCUT2D eigenvalue weighted by atomic mass is 16.5. The van der Waals surface area contributed by atoms with Crippen LogP contribution in [0.4, 0.5) is 0 Å². The number of allylic oxidation sites excluding steroid dienone is 2. The number of aliphatic imine (C=N–C) groups is 2. The van der Waals surface area contributed by atoms with Crippen molar-refractivity contribution >= 4 is 40.4 Å². The molecule has 2 bridgehead atoms. The number of esters is 1. The summed E-state index contributed by atoms with van der Waals surface area (Å²) in [5.41, 5.74) is 9.87. The number of hydrogen-bond acceptors (Lipinski definition) is 8. The number of rotatable bonds is 12. The first-order valence-corrected chi connectivity index (χ1v) is 20.3. The van der Waals surface area contributed by atoms with Crippen LogP contribution in [0.25, 0.3) is 22.3 Å². The van der Waals surface area contributed by atoms with Gasteiger partial charge in [0.1, 0.15) is 0 Å². The number of ether oxygens (including phenoxy) is 1. The number of amides is 2. The molecular formula is C46H52N6O4. The molecular weight excluding hydrogens is 701 g/mol. The highest BCUT2D eigenvalue weighted by molar-refractivity contribution is 6.04. The summed E-state index contributed by atoms with van der Waals surface area (Å²) in [7, 11) is 1.37. The Morgan fingerprint density at radius 1 is 0.821 bits per heavy atom. The van der Waals surface area contributed by atoms with Crippen molar-refractivity contribution in [1.82, 2.24) is 20.2 Å². The van der Waals surface area contributed by atoms with E-state index in [0.717, 1.165) is 77.0 Å².